The number of benzene rings is 1. The van der Waals surface area contributed by atoms with Crippen LogP contribution in [0.2, 0.25) is 0 Å². The van der Waals surface area contributed by atoms with Crippen LogP contribution >= 0.6 is 15.9 Å². The number of hydrogen-bond donors (Lipinski definition) is 1. The average Bonchev–Trinajstić information content (AvgIpc) is 2.61. The number of hydrogen-bond acceptors (Lipinski definition) is 3. The number of aliphatic hydroxyl groups excluding tert-OH is 1. The fourth-order valence-electron chi connectivity index (χ4n) is 1.42. The summed E-state index contributed by atoms with van der Waals surface area (Å²) in [4.78, 5) is 11.4. The minimum Gasteiger partial charge on any atom is -0.452 e. The van der Waals surface area contributed by atoms with Crippen LogP contribution in [0.25, 0.3) is 5.57 Å². The predicted octanol–water partition coefficient (Wildman–Crippen LogP) is 1.75. The van der Waals surface area contributed by atoms with Crippen LogP contribution in [0.3, 0.4) is 0 Å². The molecule has 4 heteroatoms. The van der Waals surface area contributed by atoms with Crippen LogP contribution in [-0.4, -0.2) is 23.8 Å². The second-order valence-electron chi connectivity index (χ2n) is 3.21. The van der Waals surface area contributed by atoms with E-state index in [1.165, 1.54) is 0 Å². The maximum Gasteiger partial charge on any atom is 0.339 e. The van der Waals surface area contributed by atoms with Gasteiger partial charge >= 0.3 is 5.97 Å². The highest BCUT2D eigenvalue weighted by atomic mass is 79.9. The van der Waals surface area contributed by atoms with Crippen molar-refractivity contribution in [3.05, 3.63) is 40.4 Å². The Labute approximate surface area is 95.5 Å². The normalized spacial score (nSPS) is 20.0. The molecule has 0 aliphatic carbocycles. The van der Waals surface area contributed by atoms with Crippen molar-refractivity contribution in [3.8, 4) is 0 Å². The lowest BCUT2D eigenvalue weighted by atomic mass is 10.1. The van der Waals surface area contributed by atoms with Crippen molar-refractivity contribution < 1.29 is 14.6 Å². The molecule has 1 aromatic rings. The Morgan fingerprint density at radius 1 is 1.33 bits per heavy atom. The highest BCUT2D eigenvalue weighted by Gasteiger charge is 2.25. The van der Waals surface area contributed by atoms with Gasteiger partial charge in [-0.1, -0.05) is 28.1 Å². The van der Waals surface area contributed by atoms with Crippen LogP contribution in [0.5, 0.6) is 0 Å². The molecule has 3 nitrogen and oxygen atoms in total. The van der Waals surface area contributed by atoms with Crippen LogP contribution in [0.1, 0.15) is 5.56 Å². The molecule has 1 N–H and O–H groups in total. The zero-order valence-corrected chi connectivity index (χ0v) is 9.40. The highest BCUT2D eigenvalue weighted by Crippen LogP contribution is 2.24. The number of carbonyl (C=O) groups excluding carboxylic acids is 1. The lowest BCUT2D eigenvalue weighted by Gasteiger charge is -2.01. The van der Waals surface area contributed by atoms with Crippen LogP contribution in [0.15, 0.2) is 34.8 Å². The van der Waals surface area contributed by atoms with Gasteiger partial charge < -0.3 is 9.84 Å². The minimum atomic E-state index is -0.504. The highest BCUT2D eigenvalue weighted by molar-refractivity contribution is 9.10. The average molecular weight is 269 g/mol. The zero-order chi connectivity index (χ0) is 10.8. The Morgan fingerprint density at radius 3 is 2.53 bits per heavy atom. The van der Waals surface area contributed by atoms with Gasteiger partial charge in [0, 0.05) is 4.47 Å². The van der Waals surface area contributed by atoms with Crippen molar-refractivity contribution in [2.24, 2.45) is 0 Å². The van der Waals surface area contributed by atoms with Crippen molar-refractivity contribution in [2.75, 3.05) is 6.61 Å². The molecular weight excluding hydrogens is 260 g/mol. The fourth-order valence-corrected chi connectivity index (χ4v) is 1.69. The largest absolute Gasteiger partial charge is 0.452 e. The molecule has 1 aliphatic heterocycles. The van der Waals surface area contributed by atoms with Crippen molar-refractivity contribution >= 4 is 27.5 Å². The van der Waals surface area contributed by atoms with Gasteiger partial charge in [-0.05, 0) is 23.8 Å². The molecule has 78 valence electrons. The van der Waals surface area contributed by atoms with Crippen molar-refractivity contribution in [3.63, 3.8) is 0 Å². The summed E-state index contributed by atoms with van der Waals surface area (Å²) < 4.78 is 5.87. The van der Waals surface area contributed by atoms with E-state index in [1.807, 2.05) is 24.3 Å². The molecule has 1 aromatic carbocycles. The third-order valence-corrected chi connectivity index (χ3v) is 2.69. The molecular formula is C11H9BrO3. The Hall–Kier alpha value is -1.13. The van der Waals surface area contributed by atoms with E-state index in [2.05, 4.69) is 15.9 Å². The smallest absolute Gasteiger partial charge is 0.339 e. The molecule has 0 saturated heterocycles. The van der Waals surface area contributed by atoms with Gasteiger partial charge in [-0.15, -0.1) is 0 Å². The van der Waals surface area contributed by atoms with Gasteiger partial charge in [0.1, 0.15) is 6.10 Å². The quantitative estimate of drug-likeness (QED) is 0.832. The topological polar surface area (TPSA) is 46.5 Å². The number of aliphatic hydroxyl groups is 1. The van der Waals surface area contributed by atoms with E-state index in [1.54, 1.807) is 6.08 Å². The molecule has 0 spiro atoms. The number of esters is 1. The molecule has 0 unspecified atom stereocenters. The van der Waals surface area contributed by atoms with Gasteiger partial charge in [0.05, 0.1) is 12.2 Å². The summed E-state index contributed by atoms with van der Waals surface area (Å²) in [6.45, 7) is -0.175. The monoisotopic (exact) mass is 268 g/mol. The summed E-state index contributed by atoms with van der Waals surface area (Å²) in [7, 11) is 0. The molecule has 0 aromatic heterocycles. The second-order valence-corrected chi connectivity index (χ2v) is 4.13. The predicted molar refractivity (Wildman–Crippen MR) is 59.1 cm³/mol. The number of halogens is 1. The Balaban J connectivity index is 2.31. The van der Waals surface area contributed by atoms with Gasteiger partial charge in [0.25, 0.3) is 0 Å². The van der Waals surface area contributed by atoms with Gasteiger partial charge in [-0.25, -0.2) is 4.79 Å². The number of rotatable bonds is 2. The van der Waals surface area contributed by atoms with Crippen LogP contribution in [0.4, 0.5) is 0 Å². The van der Waals surface area contributed by atoms with Gasteiger partial charge in [-0.3, -0.25) is 0 Å². The first-order valence-electron chi connectivity index (χ1n) is 4.50. The molecule has 0 fully saturated rings. The first-order valence-corrected chi connectivity index (χ1v) is 5.29. The fraction of sp³-hybridized carbons (Fsp3) is 0.182. The third-order valence-electron chi connectivity index (χ3n) is 2.17. The maximum atomic E-state index is 11.4. The second kappa shape index (κ2) is 4.16. The molecule has 0 saturated carbocycles. The van der Waals surface area contributed by atoms with Gasteiger partial charge in [-0.2, -0.15) is 0 Å². The first-order chi connectivity index (χ1) is 7.20. The van der Waals surface area contributed by atoms with Gasteiger partial charge in [0.15, 0.2) is 0 Å². The van der Waals surface area contributed by atoms with E-state index in [0.717, 1.165) is 10.0 Å². The van der Waals surface area contributed by atoms with E-state index in [4.69, 9.17) is 9.84 Å². The lowest BCUT2D eigenvalue weighted by Crippen LogP contribution is -2.11. The standard InChI is InChI=1S/C11H9BrO3/c12-8-3-1-7(2-4-8)10-5-9(6-13)15-11(10)14/h1-5,9,13H,6H2/t9-/m1/s1. The van der Waals surface area contributed by atoms with E-state index in [9.17, 15) is 4.79 Å². The number of ether oxygens (including phenoxy) is 1. The molecule has 1 heterocycles. The first kappa shape index (κ1) is 10.4. The van der Waals surface area contributed by atoms with E-state index >= 15 is 0 Å². The zero-order valence-electron chi connectivity index (χ0n) is 7.81. The van der Waals surface area contributed by atoms with Crippen molar-refractivity contribution in [2.45, 2.75) is 6.10 Å². The maximum absolute atomic E-state index is 11.4. The number of carbonyl (C=O) groups is 1. The molecule has 2 rings (SSSR count). The summed E-state index contributed by atoms with van der Waals surface area (Å²) in [5.74, 6) is -0.378. The Morgan fingerprint density at radius 2 is 2.00 bits per heavy atom. The van der Waals surface area contributed by atoms with Crippen molar-refractivity contribution in [1.29, 1.82) is 0 Å². The van der Waals surface area contributed by atoms with E-state index < -0.39 is 6.10 Å². The summed E-state index contributed by atoms with van der Waals surface area (Å²) in [5.41, 5.74) is 1.32. The molecule has 1 aliphatic rings. The summed E-state index contributed by atoms with van der Waals surface area (Å²) >= 11 is 3.32. The van der Waals surface area contributed by atoms with Gasteiger partial charge in [0.2, 0.25) is 0 Å². The van der Waals surface area contributed by atoms with E-state index in [-0.39, 0.29) is 12.6 Å². The van der Waals surface area contributed by atoms with Crippen LogP contribution < -0.4 is 0 Å². The van der Waals surface area contributed by atoms with Crippen LogP contribution in [-0.2, 0) is 9.53 Å². The molecule has 0 amide bonds. The summed E-state index contributed by atoms with van der Waals surface area (Å²) in [6.07, 6.45) is 1.14. The lowest BCUT2D eigenvalue weighted by molar-refractivity contribution is -0.139. The Bertz CT molecular complexity index is 408. The third kappa shape index (κ3) is 2.11. The van der Waals surface area contributed by atoms with Crippen molar-refractivity contribution in [1.82, 2.24) is 0 Å². The molecule has 1 atom stereocenters. The summed E-state index contributed by atoms with van der Waals surface area (Å²) in [6, 6.07) is 7.37. The Kier molecular flexibility index (Phi) is 2.88. The molecule has 0 radical (unpaired) electrons. The van der Waals surface area contributed by atoms with E-state index in [0.29, 0.717) is 5.57 Å². The minimum absolute atomic E-state index is 0.175. The van der Waals surface area contributed by atoms with Crippen LogP contribution in [0, 0.1) is 0 Å². The summed E-state index contributed by atoms with van der Waals surface area (Å²) in [5, 5.41) is 8.86. The molecule has 0 bridgehead atoms. The SMILES string of the molecule is O=C1O[C@@H](CO)C=C1c1ccc(Br)cc1. The number of cyclic esters (lactones) is 1. The molecule has 15 heavy (non-hydrogen) atoms.